The van der Waals surface area contributed by atoms with E-state index in [9.17, 15) is 0 Å². The minimum Gasteiger partial charge on any atom is -0.309 e. The molecule has 0 amide bonds. The van der Waals surface area contributed by atoms with Crippen LogP contribution < -0.4 is 5.32 Å². The third-order valence-electron chi connectivity index (χ3n) is 4.11. The van der Waals surface area contributed by atoms with E-state index in [1.807, 2.05) is 0 Å². The molecule has 2 unspecified atom stereocenters. The zero-order valence-electron chi connectivity index (χ0n) is 12.7. The van der Waals surface area contributed by atoms with Crippen molar-refractivity contribution in [3.05, 3.63) is 34.9 Å². The number of fused-ring (bicyclic) bond motifs is 1. The maximum absolute atomic E-state index is 3.73. The molecule has 2 atom stereocenters. The fraction of sp³-hybridized carbons (Fsp3) is 0.647. The SMILES string of the molecule is CC(C)c1ccc2c(c1)C(C(C)(C)C)NCC2C. The van der Waals surface area contributed by atoms with Gasteiger partial charge in [-0.05, 0) is 33.9 Å². The quantitative estimate of drug-likeness (QED) is 0.762. The van der Waals surface area contributed by atoms with Crippen molar-refractivity contribution in [1.82, 2.24) is 5.32 Å². The molecule has 0 bridgehead atoms. The van der Waals surface area contributed by atoms with Crippen LogP contribution in [0.3, 0.4) is 0 Å². The van der Waals surface area contributed by atoms with Crippen LogP contribution in [-0.4, -0.2) is 6.54 Å². The summed E-state index contributed by atoms with van der Waals surface area (Å²) in [6.45, 7) is 14.9. The van der Waals surface area contributed by atoms with Crippen LogP contribution in [-0.2, 0) is 0 Å². The highest BCUT2D eigenvalue weighted by Crippen LogP contribution is 2.40. The van der Waals surface area contributed by atoms with Gasteiger partial charge in [0.25, 0.3) is 0 Å². The average molecular weight is 245 g/mol. The zero-order valence-corrected chi connectivity index (χ0v) is 12.7. The molecule has 0 saturated carbocycles. The molecule has 1 aromatic carbocycles. The van der Waals surface area contributed by atoms with Gasteiger partial charge in [0.1, 0.15) is 0 Å². The Kier molecular flexibility index (Phi) is 3.55. The third kappa shape index (κ3) is 2.47. The first-order valence-corrected chi connectivity index (χ1v) is 7.18. The average Bonchev–Trinajstić information content (AvgIpc) is 2.27. The smallest absolute Gasteiger partial charge is 0.0372 e. The van der Waals surface area contributed by atoms with E-state index < -0.39 is 0 Å². The Morgan fingerprint density at radius 2 is 1.83 bits per heavy atom. The third-order valence-corrected chi connectivity index (χ3v) is 4.11. The molecule has 2 rings (SSSR count). The van der Waals surface area contributed by atoms with Crippen molar-refractivity contribution in [3.63, 3.8) is 0 Å². The van der Waals surface area contributed by atoms with Crippen molar-refractivity contribution in [2.45, 2.75) is 59.4 Å². The van der Waals surface area contributed by atoms with E-state index in [0.717, 1.165) is 6.54 Å². The summed E-state index contributed by atoms with van der Waals surface area (Å²) >= 11 is 0. The molecule has 1 N–H and O–H groups in total. The van der Waals surface area contributed by atoms with Crippen LogP contribution in [0.1, 0.15) is 76.1 Å². The van der Waals surface area contributed by atoms with E-state index >= 15 is 0 Å². The molecular weight excluding hydrogens is 218 g/mol. The van der Waals surface area contributed by atoms with Gasteiger partial charge in [-0.2, -0.15) is 0 Å². The lowest BCUT2D eigenvalue weighted by atomic mass is 9.75. The highest BCUT2D eigenvalue weighted by Gasteiger charge is 2.32. The van der Waals surface area contributed by atoms with Crippen LogP contribution in [0.15, 0.2) is 18.2 Å². The van der Waals surface area contributed by atoms with Crippen molar-refractivity contribution in [2.75, 3.05) is 6.54 Å². The number of hydrogen-bond donors (Lipinski definition) is 1. The van der Waals surface area contributed by atoms with E-state index in [4.69, 9.17) is 0 Å². The highest BCUT2D eigenvalue weighted by atomic mass is 14.9. The van der Waals surface area contributed by atoms with Crippen molar-refractivity contribution < 1.29 is 0 Å². The Balaban J connectivity index is 2.50. The second-order valence-corrected chi connectivity index (χ2v) is 7.15. The van der Waals surface area contributed by atoms with Crippen LogP contribution in [0.4, 0.5) is 0 Å². The first kappa shape index (κ1) is 13.6. The van der Waals surface area contributed by atoms with E-state index in [1.165, 1.54) is 16.7 Å². The second-order valence-electron chi connectivity index (χ2n) is 7.15. The minimum atomic E-state index is 0.268. The van der Waals surface area contributed by atoms with Crippen LogP contribution >= 0.6 is 0 Å². The first-order chi connectivity index (χ1) is 8.30. The highest BCUT2D eigenvalue weighted by molar-refractivity contribution is 5.40. The van der Waals surface area contributed by atoms with Crippen LogP contribution in [0.2, 0.25) is 0 Å². The zero-order chi connectivity index (χ0) is 13.5. The van der Waals surface area contributed by atoms with Crippen LogP contribution in [0.5, 0.6) is 0 Å². The lowest BCUT2D eigenvalue weighted by molar-refractivity contribution is 0.256. The summed E-state index contributed by atoms with van der Waals surface area (Å²) in [6, 6.07) is 7.57. The molecule has 0 spiro atoms. The van der Waals surface area contributed by atoms with Gasteiger partial charge in [0, 0.05) is 12.6 Å². The largest absolute Gasteiger partial charge is 0.309 e. The first-order valence-electron chi connectivity index (χ1n) is 7.18. The molecule has 1 heterocycles. The molecule has 100 valence electrons. The Morgan fingerprint density at radius 1 is 1.17 bits per heavy atom. The Morgan fingerprint density at radius 3 is 2.39 bits per heavy atom. The van der Waals surface area contributed by atoms with Gasteiger partial charge in [-0.15, -0.1) is 0 Å². The minimum absolute atomic E-state index is 0.268. The fourth-order valence-corrected chi connectivity index (χ4v) is 2.94. The number of rotatable bonds is 1. The summed E-state index contributed by atoms with van der Waals surface area (Å²) in [7, 11) is 0. The number of nitrogens with one attached hydrogen (secondary N) is 1. The molecule has 18 heavy (non-hydrogen) atoms. The number of benzene rings is 1. The van der Waals surface area contributed by atoms with Gasteiger partial charge < -0.3 is 5.32 Å². The summed E-state index contributed by atoms with van der Waals surface area (Å²) in [4.78, 5) is 0. The van der Waals surface area contributed by atoms with E-state index in [0.29, 0.717) is 17.9 Å². The fourth-order valence-electron chi connectivity index (χ4n) is 2.94. The van der Waals surface area contributed by atoms with Crippen molar-refractivity contribution >= 4 is 0 Å². The molecule has 0 aliphatic carbocycles. The van der Waals surface area contributed by atoms with Gasteiger partial charge in [-0.3, -0.25) is 0 Å². The molecule has 1 aromatic rings. The summed E-state index contributed by atoms with van der Waals surface area (Å²) in [5, 5.41) is 3.73. The molecule has 1 aliphatic rings. The lowest BCUT2D eigenvalue weighted by Gasteiger charge is -2.39. The summed E-state index contributed by atoms with van der Waals surface area (Å²) in [5.74, 6) is 1.23. The predicted octanol–water partition coefficient (Wildman–Crippen LogP) is 4.60. The predicted molar refractivity (Wildman–Crippen MR) is 79.1 cm³/mol. The molecule has 0 radical (unpaired) electrons. The van der Waals surface area contributed by atoms with Gasteiger partial charge in [0.05, 0.1) is 0 Å². The molecule has 0 fully saturated rings. The van der Waals surface area contributed by atoms with Gasteiger partial charge in [0.15, 0.2) is 0 Å². The normalized spacial score (nSPS) is 24.2. The summed E-state index contributed by atoms with van der Waals surface area (Å²) < 4.78 is 0. The van der Waals surface area contributed by atoms with Gasteiger partial charge in [-0.25, -0.2) is 0 Å². The maximum atomic E-state index is 3.73. The Bertz CT molecular complexity index is 426. The van der Waals surface area contributed by atoms with Crippen molar-refractivity contribution in [3.8, 4) is 0 Å². The van der Waals surface area contributed by atoms with Crippen molar-refractivity contribution in [2.24, 2.45) is 5.41 Å². The Hall–Kier alpha value is -0.820. The van der Waals surface area contributed by atoms with Gasteiger partial charge in [0.2, 0.25) is 0 Å². The van der Waals surface area contributed by atoms with E-state index in [2.05, 4.69) is 65.1 Å². The molecule has 1 aliphatic heterocycles. The Labute approximate surface area is 112 Å². The summed E-state index contributed by atoms with van der Waals surface area (Å²) in [6.07, 6.45) is 0. The molecule has 0 aromatic heterocycles. The monoisotopic (exact) mass is 245 g/mol. The van der Waals surface area contributed by atoms with Crippen LogP contribution in [0, 0.1) is 5.41 Å². The van der Waals surface area contributed by atoms with Crippen molar-refractivity contribution in [1.29, 1.82) is 0 Å². The standard InChI is InChI=1S/C17H27N/c1-11(2)13-7-8-14-12(3)10-18-16(15(14)9-13)17(4,5)6/h7-9,11-12,16,18H,10H2,1-6H3. The second kappa shape index (κ2) is 4.70. The van der Waals surface area contributed by atoms with Gasteiger partial charge >= 0.3 is 0 Å². The summed E-state index contributed by atoms with van der Waals surface area (Å²) in [5.41, 5.74) is 4.79. The number of hydrogen-bond acceptors (Lipinski definition) is 1. The molecule has 1 heteroatoms. The molecule has 0 saturated heterocycles. The maximum Gasteiger partial charge on any atom is 0.0372 e. The molecule has 1 nitrogen and oxygen atoms in total. The van der Waals surface area contributed by atoms with E-state index in [-0.39, 0.29) is 5.41 Å². The van der Waals surface area contributed by atoms with Gasteiger partial charge in [-0.1, -0.05) is 59.7 Å². The topological polar surface area (TPSA) is 12.0 Å². The van der Waals surface area contributed by atoms with Crippen LogP contribution in [0.25, 0.3) is 0 Å². The van der Waals surface area contributed by atoms with E-state index in [1.54, 1.807) is 0 Å². The lowest BCUT2D eigenvalue weighted by Crippen LogP contribution is -2.39. The molecular formula is C17H27N.